The Hall–Kier alpha value is -1.02. The normalized spacial score (nSPS) is 18.9. The predicted octanol–water partition coefficient (Wildman–Crippen LogP) is 3.88. The van der Waals surface area contributed by atoms with Gasteiger partial charge in [-0.05, 0) is 36.5 Å². The molecule has 0 bridgehead atoms. The highest BCUT2D eigenvalue weighted by molar-refractivity contribution is 5.28. The van der Waals surface area contributed by atoms with E-state index in [9.17, 15) is 5.11 Å². The van der Waals surface area contributed by atoms with Gasteiger partial charge in [0, 0.05) is 0 Å². The first-order valence-electron chi connectivity index (χ1n) is 7.04. The quantitative estimate of drug-likeness (QED) is 0.876. The van der Waals surface area contributed by atoms with Gasteiger partial charge in [-0.1, -0.05) is 45.2 Å². The van der Waals surface area contributed by atoms with Crippen LogP contribution in [0.3, 0.4) is 0 Å². The highest BCUT2D eigenvalue weighted by atomic mass is 16.5. The molecule has 0 unspecified atom stereocenters. The minimum atomic E-state index is -0.602. The predicted molar refractivity (Wildman–Crippen MR) is 74.1 cm³/mol. The first-order valence-corrected chi connectivity index (χ1v) is 7.04. The van der Waals surface area contributed by atoms with Gasteiger partial charge in [-0.25, -0.2) is 0 Å². The Morgan fingerprint density at radius 1 is 1.11 bits per heavy atom. The van der Waals surface area contributed by atoms with Crippen LogP contribution in [0, 0.1) is 0 Å². The molecule has 0 heterocycles. The molecule has 0 spiro atoms. The first kappa shape index (κ1) is 13.4. The maximum atomic E-state index is 10.4. The summed E-state index contributed by atoms with van der Waals surface area (Å²) in [4.78, 5) is 0. The van der Waals surface area contributed by atoms with Crippen LogP contribution in [-0.4, -0.2) is 17.3 Å². The minimum Gasteiger partial charge on any atom is -0.491 e. The summed E-state index contributed by atoms with van der Waals surface area (Å²) in [6.45, 7) is 4.79. The molecule has 2 rings (SSSR count). The molecule has 2 nitrogen and oxygen atoms in total. The van der Waals surface area contributed by atoms with Crippen molar-refractivity contribution >= 4 is 0 Å². The van der Waals surface area contributed by atoms with Crippen LogP contribution in [0.5, 0.6) is 5.75 Å². The van der Waals surface area contributed by atoms with Gasteiger partial charge in [-0.3, -0.25) is 0 Å². The summed E-state index contributed by atoms with van der Waals surface area (Å²) in [5, 5.41) is 10.4. The second kappa shape index (κ2) is 5.75. The van der Waals surface area contributed by atoms with Crippen molar-refractivity contribution in [3.63, 3.8) is 0 Å². The van der Waals surface area contributed by atoms with Crippen molar-refractivity contribution < 1.29 is 9.84 Å². The van der Waals surface area contributed by atoms with Crippen LogP contribution in [0.15, 0.2) is 24.3 Å². The Balaban J connectivity index is 1.89. The third-order valence-corrected chi connectivity index (χ3v) is 3.84. The van der Waals surface area contributed by atoms with E-state index in [2.05, 4.69) is 26.0 Å². The van der Waals surface area contributed by atoms with Crippen LogP contribution < -0.4 is 4.74 Å². The molecular formula is C16H24O2. The summed E-state index contributed by atoms with van der Waals surface area (Å²) >= 11 is 0. The SMILES string of the molecule is CC(C)c1ccc(OCC2(O)CCCCC2)cc1. The summed E-state index contributed by atoms with van der Waals surface area (Å²) in [6, 6.07) is 8.21. The molecule has 1 aromatic rings. The van der Waals surface area contributed by atoms with E-state index in [1.54, 1.807) is 0 Å². The second-order valence-electron chi connectivity index (χ2n) is 5.80. The van der Waals surface area contributed by atoms with Gasteiger partial charge >= 0.3 is 0 Å². The number of aliphatic hydroxyl groups is 1. The summed E-state index contributed by atoms with van der Waals surface area (Å²) in [5.41, 5.74) is 0.716. The van der Waals surface area contributed by atoms with Crippen molar-refractivity contribution in [2.45, 2.75) is 57.5 Å². The minimum absolute atomic E-state index is 0.425. The Morgan fingerprint density at radius 3 is 2.28 bits per heavy atom. The summed E-state index contributed by atoms with van der Waals surface area (Å²) in [6.07, 6.45) is 5.22. The number of benzene rings is 1. The number of hydrogen-bond donors (Lipinski definition) is 1. The van der Waals surface area contributed by atoms with Crippen LogP contribution in [0.1, 0.15) is 57.4 Å². The lowest BCUT2D eigenvalue weighted by Crippen LogP contribution is -2.37. The van der Waals surface area contributed by atoms with Crippen molar-refractivity contribution in [2.24, 2.45) is 0 Å². The second-order valence-corrected chi connectivity index (χ2v) is 5.80. The van der Waals surface area contributed by atoms with E-state index in [1.807, 2.05) is 12.1 Å². The third-order valence-electron chi connectivity index (χ3n) is 3.84. The topological polar surface area (TPSA) is 29.5 Å². The fourth-order valence-electron chi connectivity index (χ4n) is 2.52. The van der Waals surface area contributed by atoms with Gasteiger partial charge in [-0.2, -0.15) is 0 Å². The van der Waals surface area contributed by atoms with E-state index in [1.165, 1.54) is 12.0 Å². The van der Waals surface area contributed by atoms with Crippen LogP contribution >= 0.6 is 0 Å². The fraction of sp³-hybridized carbons (Fsp3) is 0.625. The number of rotatable bonds is 4. The molecule has 0 atom stereocenters. The Kier molecular flexibility index (Phi) is 4.28. The molecule has 1 saturated carbocycles. The molecule has 0 aliphatic heterocycles. The average Bonchev–Trinajstić information content (AvgIpc) is 2.38. The number of hydrogen-bond acceptors (Lipinski definition) is 2. The lowest BCUT2D eigenvalue weighted by molar-refractivity contribution is -0.0339. The maximum absolute atomic E-state index is 10.4. The van der Waals surface area contributed by atoms with Gasteiger partial charge in [-0.15, -0.1) is 0 Å². The first-order chi connectivity index (χ1) is 8.59. The fourth-order valence-corrected chi connectivity index (χ4v) is 2.52. The Labute approximate surface area is 110 Å². The molecule has 0 radical (unpaired) electrons. The van der Waals surface area contributed by atoms with Gasteiger partial charge < -0.3 is 9.84 Å². The monoisotopic (exact) mass is 248 g/mol. The molecule has 18 heavy (non-hydrogen) atoms. The van der Waals surface area contributed by atoms with E-state index in [4.69, 9.17) is 4.74 Å². The average molecular weight is 248 g/mol. The zero-order valence-corrected chi connectivity index (χ0v) is 11.5. The van der Waals surface area contributed by atoms with Crippen molar-refractivity contribution in [3.05, 3.63) is 29.8 Å². The maximum Gasteiger partial charge on any atom is 0.119 e. The van der Waals surface area contributed by atoms with Crippen LogP contribution in [0.25, 0.3) is 0 Å². The van der Waals surface area contributed by atoms with Crippen molar-refractivity contribution in [1.29, 1.82) is 0 Å². The third kappa shape index (κ3) is 3.49. The zero-order valence-electron chi connectivity index (χ0n) is 11.5. The van der Waals surface area contributed by atoms with Gasteiger partial charge in [0.1, 0.15) is 12.4 Å². The highest BCUT2D eigenvalue weighted by Gasteiger charge is 2.29. The van der Waals surface area contributed by atoms with Crippen LogP contribution in [0.4, 0.5) is 0 Å². The smallest absolute Gasteiger partial charge is 0.119 e. The lowest BCUT2D eigenvalue weighted by Gasteiger charge is -2.31. The van der Waals surface area contributed by atoms with Crippen molar-refractivity contribution in [1.82, 2.24) is 0 Å². The Morgan fingerprint density at radius 2 is 1.72 bits per heavy atom. The van der Waals surface area contributed by atoms with E-state index in [0.29, 0.717) is 12.5 Å². The standard InChI is InChI=1S/C16H24O2/c1-13(2)14-6-8-15(9-7-14)18-12-16(17)10-4-3-5-11-16/h6-9,13,17H,3-5,10-12H2,1-2H3. The molecule has 2 heteroatoms. The lowest BCUT2D eigenvalue weighted by atomic mass is 9.85. The molecule has 0 amide bonds. The van der Waals surface area contributed by atoms with Crippen molar-refractivity contribution in [3.8, 4) is 5.75 Å². The molecule has 1 aliphatic rings. The van der Waals surface area contributed by atoms with E-state index < -0.39 is 5.60 Å². The summed E-state index contributed by atoms with van der Waals surface area (Å²) < 4.78 is 5.73. The van der Waals surface area contributed by atoms with Gasteiger partial charge in [0.25, 0.3) is 0 Å². The Bertz CT molecular complexity index is 361. The molecule has 1 fully saturated rings. The zero-order chi connectivity index (χ0) is 13.0. The van der Waals surface area contributed by atoms with E-state index in [-0.39, 0.29) is 0 Å². The van der Waals surface area contributed by atoms with Crippen LogP contribution in [0.2, 0.25) is 0 Å². The molecule has 1 aliphatic carbocycles. The van der Waals surface area contributed by atoms with Gasteiger partial charge in [0.05, 0.1) is 5.60 Å². The molecule has 1 aromatic carbocycles. The largest absolute Gasteiger partial charge is 0.491 e. The highest BCUT2D eigenvalue weighted by Crippen LogP contribution is 2.29. The summed E-state index contributed by atoms with van der Waals surface area (Å²) in [5.74, 6) is 1.40. The number of ether oxygens (including phenoxy) is 1. The van der Waals surface area contributed by atoms with Gasteiger partial charge in [0.15, 0.2) is 0 Å². The molecular weight excluding hydrogens is 224 g/mol. The van der Waals surface area contributed by atoms with Gasteiger partial charge in [0.2, 0.25) is 0 Å². The van der Waals surface area contributed by atoms with E-state index in [0.717, 1.165) is 31.4 Å². The van der Waals surface area contributed by atoms with Crippen molar-refractivity contribution in [2.75, 3.05) is 6.61 Å². The molecule has 100 valence electrons. The molecule has 0 saturated heterocycles. The molecule has 1 N–H and O–H groups in total. The van der Waals surface area contributed by atoms with Crippen LogP contribution in [-0.2, 0) is 0 Å². The molecule has 0 aromatic heterocycles. The summed E-state index contributed by atoms with van der Waals surface area (Å²) in [7, 11) is 0. The van der Waals surface area contributed by atoms with E-state index >= 15 is 0 Å².